The summed E-state index contributed by atoms with van der Waals surface area (Å²) < 4.78 is 16.6. The van der Waals surface area contributed by atoms with Crippen molar-refractivity contribution in [3.8, 4) is 5.75 Å². The van der Waals surface area contributed by atoms with Gasteiger partial charge in [-0.05, 0) is 19.1 Å². The minimum Gasteiger partial charge on any atom is -0.489 e. The molecular formula is C13H20ClNO3S. The summed E-state index contributed by atoms with van der Waals surface area (Å²) in [7, 11) is -0.854. The predicted octanol–water partition coefficient (Wildman–Crippen LogP) is 1.44. The van der Waals surface area contributed by atoms with Gasteiger partial charge >= 0.3 is 0 Å². The van der Waals surface area contributed by atoms with Crippen LogP contribution in [0.3, 0.4) is 0 Å². The van der Waals surface area contributed by atoms with Gasteiger partial charge in [-0.25, -0.2) is 0 Å². The smallest absolute Gasteiger partial charge is 0.138 e. The molecule has 0 aromatic heterocycles. The van der Waals surface area contributed by atoms with E-state index in [0.717, 1.165) is 0 Å². The maximum absolute atomic E-state index is 11.1. The van der Waals surface area contributed by atoms with Crippen LogP contribution >= 0.6 is 11.6 Å². The quantitative estimate of drug-likeness (QED) is 0.763. The summed E-state index contributed by atoms with van der Waals surface area (Å²) in [6.07, 6.45) is 1.04. The molecule has 0 aliphatic carbocycles. The van der Waals surface area contributed by atoms with Gasteiger partial charge in [0.2, 0.25) is 0 Å². The first-order chi connectivity index (χ1) is 9.00. The lowest BCUT2D eigenvalue weighted by Gasteiger charge is -2.15. The van der Waals surface area contributed by atoms with E-state index in [1.54, 1.807) is 18.4 Å². The lowest BCUT2D eigenvalue weighted by Crippen LogP contribution is -2.36. The van der Waals surface area contributed by atoms with Crippen LogP contribution in [0.1, 0.15) is 6.92 Å². The molecule has 2 N–H and O–H groups in total. The van der Waals surface area contributed by atoms with E-state index in [4.69, 9.17) is 16.3 Å². The van der Waals surface area contributed by atoms with Crippen LogP contribution in [0, 0.1) is 0 Å². The zero-order valence-corrected chi connectivity index (χ0v) is 12.7. The third-order valence-corrected chi connectivity index (χ3v) is 4.26. The van der Waals surface area contributed by atoms with Crippen LogP contribution in [0.5, 0.6) is 5.75 Å². The molecule has 3 unspecified atom stereocenters. The van der Waals surface area contributed by atoms with Gasteiger partial charge in [0.15, 0.2) is 0 Å². The Morgan fingerprint density at radius 2 is 2.11 bits per heavy atom. The molecular weight excluding hydrogens is 286 g/mol. The minimum atomic E-state index is -0.854. The van der Waals surface area contributed by atoms with Crippen molar-refractivity contribution in [2.45, 2.75) is 18.3 Å². The first-order valence-electron chi connectivity index (χ1n) is 6.09. The number of rotatable bonds is 8. The highest BCUT2D eigenvalue weighted by Crippen LogP contribution is 2.22. The van der Waals surface area contributed by atoms with Crippen molar-refractivity contribution in [2.75, 3.05) is 26.0 Å². The van der Waals surface area contributed by atoms with Crippen molar-refractivity contribution in [3.63, 3.8) is 0 Å². The fraction of sp³-hybridized carbons (Fsp3) is 0.538. The van der Waals surface area contributed by atoms with E-state index in [0.29, 0.717) is 23.9 Å². The summed E-state index contributed by atoms with van der Waals surface area (Å²) in [5.41, 5.74) is 0. The van der Waals surface area contributed by atoms with Gasteiger partial charge in [-0.3, -0.25) is 4.21 Å². The Kier molecular flexibility index (Phi) is 7.38. The molecule has 19 heavy (non-hydrogen) atoms. The molecule has 0 saturated heterocycles. The lowest BCUT2D eigenvalue weighted by atomic mass is 10.3. The first kappa shape index (κ1) is 16.4. The largest absolute Gasteiger partial charge is 0.489 e. The van der Waals surface area contributed by atoms with E-state index >= 15 is 0 Å². The molecule has 0 fully saturated rings. The second-order valence-corrected chi connectivity index (χ2v) is 6.57. The molecule has 4 nitrogen and oxygen atoms in total. The second kappa shape index (κ2) is 8.53. The maximum Gasteiger partial charge on any atom is 0.138 e. The number of ether oxygens (including phenoxy) is 1. The van der Waals surface area contributed by atoms with Gasteiger partial charge in [-0.15, -0.1) is 0 Å². The predicted molar refractivity (Wildman–Crippen MR) is 79.4 cm³/mol. The molecule has 108 valence electrons. The van der Waals surface area contributed by atoms with E-state index < -0.39 is 16.9 Å². The third kappa shape index (κ3) is 6.38. The third-order valence-electron chi connectivity index (χ3n) is 2.65. The molecule has 0 spiro atoms. The Bertz CT molecular complexity index is 417. The van der Waals surface area contributed by atoms with Gasteiger partial charge in [0.25, 0.3) is 0 Å². The van der Waals surface area contributed by atoms with Crippen LogP contribution in [-0.2, 0) is 10.8 Å². The molecule has 0 saturated carbocycles. The van der Waals surface area contributed by atoms with Crippen molar-refractivity contribution in [2.24, 2.45) is 0 Å². The Morgan fingerprint density at radius 3 is 2.74 bits per heavy atom. The van der Waals surface area contributed by atoms with Gasteiger partial charge in [-0.1, -0.05) is 23.7 Å². The van der Waals surface area contributed by atoms with Crippen LogP contribution in [0.4, 0.5) is 0 Å². The number of nitrogens with one attached hydrogen (secondary N) is 1. The molecule has 0 bridgehead atoms. The van der Waals surface area contributed by atoms with Crippen LogP contribution in [-0.4, -0.2) is 46.6 Å². The number of benzene rings is 1. The average molecular weight is 306 g/mol. The number of aliphatic hydroxyl groups is 1. The monoisotopic (exact) mass is 305 g/mol. The SMILES string of the molecule is CC(CNCC(O)COc1ccccc1Cl)S(C)=O. The highest BCUT2D eigenvalue weighted by Gasteiger charge is 2.09. The van der Waals surface area contributed by atoms with E-state index in [1.807, 2.05) is 19.1 Å². The molecule has 0 aliphatic heterocycles. The summed E-state index contributed by atoms with van der Waals surface area (Å²) in [5, 5.41) is 13.4. The molecule has 1 aromatic rings. The highest BCUT2D eigenvalue weighted by atomic mass is 35.5. The number of para-hydroxylation sites is 1. The molecule has 0 aliphatic rings. The molecule has 0 heterocycles. The van der Waals surface area contributed by atoms with Crippen LogP contribution in [0.15, 0.2) is 24.3 Å². The minimum absolute atomic E-state index is 0.0664. The summed E-state index contributed by atoms with van der Waals surface area (Å²) in [4.78, 5) is 0. The van der Waals surface area contributed by atoms with Crippen LogP contribution < -0.4 is 10.1 Å². The maximum atomic E-state index is 11.1. The van der Waals surface area contributed by atoms with Crippen molar-refractivity contribution >= 4 is 22.4 Å². The molecule has 0 radical (unpaired) electrons. The van der Waals surface area contributed by atoms with E-state index in [1.165, 1.54) is 0 Å². The van der Waals surface area contributed by atoms with Gasteiger partial charge in [0, 0.05) is 35.4 Å². The molecule has 6 heteroatoms. The van der Waals surface area contributed by atoms with Gasteiger partial charge in [0.1, 0.15) is 18.5 Å². The van der Waals surface area contributed by atoms with Crippen molar-refractivity contribution in [1.29, 1.82) is 0 Å². The summed E-state index contributed by atoms with van der Waals surface area (Å²) in [5.74, 6) is 0.561. The van der Waals surface area contributed by atoms with Gasteiger partial charge < -0.3 is 15.2 Å². The zero-order chi connectivity index (χ0) is 14.3. The van der Waals surface area contributed by atoms with Crippen LogP contribution in [0.2, 0.25) is 5.02 Å². The summed E-state index contributed by atoms with van der Waals surface area (Å²) in [6.45, 7) is 3.06. The topological polar surface area (TPSA) is 58.6 Å². The number of hydrogen-bond acceptors (Lipinski definition) is 4. The zero-order valence-electron chi connectivity index (χ0n) is 11.1. The molecule has 0 amide bonds. The molecule has 3 atom stereocenters. The number of aliphatic hydroxyl groups excluding tert-OH is 1. The fourth-order valence-electron chi connectivity index (χ4n) is 1.38. The Morgan fingerprint density at radius 1 is 1.42 bits per heavy atom. The van der Waals surface area contributed by atoms with Crippen LogP contribution in [0.25, 0.3) is 0 Å². The van der Waals surface area contributed by atoms with Crippen molar-refractivity contribution < 1.29 is 14.1 Å². The van der Waals surface area contributed by atoms with E-state index in [9.17, 15) is 9.32 Å². The standard InChI is InChI=1S/C13H20ClNO3S/c1-10(19(2)17)7-15-8-11(16)9-18-13-6-4-3-5-12(13)14/h3-6,10-11,15-16H,7-9H2,1-2H3. The summed E-state index contributed by atoms with van der Waals surface area (Å²) in [6, 6.07) is 7.13. The Hall–Kier alpha value is -0.620. The number of hydrogen-bond donors (Lipinski definition) is 2. The van der Waals surface area contributed by atoms with E-state index in [2.05, 4.69) is 5.32 Å². The number of halogens is 1. The normalized spacial score (nSPS) is 15.8. The average Bonchev–Trinajstić information content (AvgIpc) is 2.37. The van der Waals surface area contributed by atoms with Crippen molar-refractivity contribution in [3.05, 3.63) is 29.3 Å². The molecule has 1 aromatic carbocycles. The van der Waals surface area contributed by atoms with Crippen molar-refractivity contribution in [1.82, 2.24) is 5.32 Å². The lowest BCUT2D eigenvalue weighted by molar-refractivity contribution is 0.107. The van der Waals surface area contributed by atoms with Gasteiger partial charge in [-0.2, -0.15) is 0 Å². The first-order valence-corrected chi connectivity index (χ1v) is 8.09. The highest BCUT2D eigenvalue weighted by molar-refractivity contribution is 7.84. The van der Waals surface area contributed by atoms with E-state index in [-0.39, 0.29) is 11.9 Å². The second-order valence-electron chi connectivity index (χ2n) is 4.36. The fourth-order valence-corrected chi connectivity index (χ4v) is 1.92. The Labute approximate surface area is 121 Å². The van der Waals surface area contributed by atoms with Gasteiger partial charge in [0.05, 0.1) is 5.02 Å². The molecule has 1 rings (SSSR count). The summed E-state index contributed by atoms with van der Waals surface area (Å²) >= 11 is 5.93. The Balaban J connectivity index is 2.23.